The molecule has 0 N–H and O–H groups in total. The van der Waals surface area contributed by atoms with Gasteiger partial charge in [0.1, 0.15) is 24.5 Å². The summed E-state index contributed by atoms with van der Waals surface area (Å²) in [7, 11) is 0. The van der Waals surface area contributed by atoms with Crippen molar-refractivity contribution in [1.29, 1.82) is 0 Å². The molecular weight excluding hydrogens is 273 g/mol. The molecular formula is C15H18FN3O2. The van der Waals surface area contributed by atoms with Gasteiger partial charge in [-0.3, -0.25) is 4.79 Å². The fourth-order valence-corrected chi connectivity index (χ4v) is 2.18. The van der Waals surface area contributed by atoms with Gasteiger partial charge in [-0.25, -0.2) is 14.4 Å². The van der Waals surface area contributed by atoms with Crippen LogP contribution in [0.2, 0.25) is 0 Å². The van der Waals surface area contributed by atoms with E-state index >= 15 is 0 Å². The molecule has 0 aliphatic heterocycles. The molecule has 1 aromatic heterocycles. The highest BCUT2D eigenvalue weighted by Gasteiger charge is 2.18. The van der Waals surface area contributed by atoms with Crippen LogP contribution in [-0.2, 0) is 9.53 Å². The third-order valence-electron chi connectivity index (χ3n) is 3.01. The molecule has 0 spiro atoms. The normalized spacial score (nSPS) is 10.6. The van der Waals surface area contributed by atoms with E-state index in [4.69, 9.17) is 4.74 Å². The van der Waals surface area contributed by atoms with Gasteiger partial charge >= 0.3 is 5.97 Å². The number of rotatable bonds is 6. The standard InChI is InChI=1S/C15H18FN3O2/c1-3-8-19(9-13(20)21-4-2)15-14-11(16)6-5-7-12(14)17-10-18-15/h5-7,10H,3-4,8-9H2,1-2H3. The molecule has 0 atom stereocenters. The minimum absolute atomic E-state index is 0.0438. The second-order valence-electron chi connectivity index (χ2n) is 4.56. The van der Waals surface area contributed by atoms with E-state index in [2.05, 4.69) is 9.97 Å². The lowest BCUT2D eigenvalue weighted by Gasteiger charge is -2.23. The van der Waals surface area contributed by atoms with Crippen molar-refractivity contribution < 1.29 is 13.9 Å². The molecule has 5 nitrogen and oxygen atoms in total. The van der Waals surface area contributed by atoms with E-state index in [1.54, 1.807) is 24.0 Å². The molecule has 1 heterocycles. The number of fused-ring (bicyclic) bond motifs is 1. The third kappa shape index (κ3) is 3.45. The van der Waals surface area contributed by atoms with Crippen molar-refractivity contribution in [2.24, 2.45) is 0 Å². The summed E-state index contributed by atoms with van der Waals surface area (Å²) in [4.78, 5) is 21.7. The highest BCUT2D eigenvalue weighted by Crippen LogP contribution is 2.25. The Morgan fingerprint density at radius 3 is 2.86 bits per heavy atom. The fourth-order valence-electron chi connectivity index (χ4n) is 2.18. The molecule has 0 radical (unpaired) electrons. The first-order chi connectivity index (χ1) is 10.2. The number of carbonyl (C=O) groups is 1. The predicted molar refractivity (Wildman–Crippen MR) is 78.6 cm³/mol. The Kier molecular flexibility index (Phi) is 5.03. The summed E-state index contributed by atoms with van der Waals surface area (Å²) in [6, 6.07) is 4.69. The van der Waals surface area contributed by atoms with Crippen LogP contribution in [0.25, 0.3) is 10.9 Å². The van der Waals surface area contributed by atoms with Crippen LogP contribution in [0.15, 0.2) is 24.5 Å². The van der Waals surface area contributed by atoms with Crippen LogP contribution in [0.5, 0.6) is 0 Å². The Hall–Kier alpha value is -2.24. The molecule has 0 saturated carbocycles. The van der Waals surface area contributed by atoms with Crippen molar-refractivity contribution >= 4 is 22.7 Å². The zero-order chi connectivity index (χ0) is 15.2. The summed E-state index contributed by atoms with van der Waals surface area (Å²) < 4.78 is 19.1. The predicted octanol–water partition coefficient (Wildman–Crippen LogP) is 2.55. The number of halogens is 1. The number of benzene rings is 1. The molecule has 21 heavy (non-hydrogen) atoms. The highest BCUT2D eigenvalue weighted by atomic mass is 19.1. The van der Waals surface area contributed by atoms with Crippen LogP contribution < -0.4 is 4.90 Å². The van der Waals surface area contributed by atoms with Crippen molar-refractivity contribution in [3.63, 3.8) is 0 Å². The number of aromatic nitrogens is 2. The molecule has 1 aromatic carbocycles. The average Bonchev–Trinajstić information content (AvgIpc) is 2.47. The SMILES string of the molecule is CCCN(CC(=O)OCC)c1ncnc2cccc(F)c12. The smallest absolute Gasteiger partial charge is 0.325 e. The molecule has 0 aliphatic rings. The number of esters is 1. The minimum atomic E-state index is -0.395. The summed E-state index contributed by atoms with van der Waals surface area (Å²) in [6.07, 6.45) is 2.18. The molecule has 0 bridgehead atoms. The van der Waals surface area contributed by atoms with Gasteiger partial charge in [0.25, 0.3) is 0 Å². The molecule has 2 rings (SSSR count). The lowest BCUT2D eigenvalue weighted by Crippen LogP contribution is -2.32. The first-order valence-electron chi connectivity index (χ1n) is 6.97. The van der Waals surface area contributed by atoms with Crippen LogP contribution in [0.1, 0.15) is 20.3 Å². The van der Waals surface area contributed by atoms with E-state index in [1.807, 2.05) is 6.92 Å². The summed E-state index contributed by atoms with van der Waals surface area (Å²) in [5.41, 5.74) is 0.518. The van der Waals surface area contributed by atoms with E-state index < -0.39 is 5.82 Å². The van der Waals surface area contributed by atoms with Crippen LogP contribution in [0.3, 0.4) is 0 Å². The van der Waals surface area contributed by atoms with Crippen molar-refractivity contribution in [2.45, 2.75) is 20.3 Å². The average molecular weight is 291 g/mol. The first kappa shape index (κ1) is 15.2. The van der Waals surface area contributed by atoms with Gasteiger partial charge in [0.2, 0.25) is 0 Å². The van der Waals surface area contributed by atoms with Gasteiger partial charge in [-0.15, -0.1) is 0 Å². The van der Waals surface area contributed by atoms with Gasteiger partial charge in [0, 0.05) is 6.54 Å². The maximum atomic E-state index is 14.1. The van der Waals surface area contributed by atoms with Crippen LogP contribution in [0, 0.1) is 5.82 Å². The topological polar surface area (TPSA) is 55.3 Å². The summed E-state index contributed by atoms with van der Waals surface area (Å²) in [5.74, 6) is -0.324. The van der Waals surface area contributed by atoms with E-state index in [0.717, 1.165) is 6.42 Å². The van der Waals surface area contributed by atoms with Crippen molar-refractivity contribution in [3.8, 4) is 0 Å². The van der Waals surface area contributed by atoms with Gasteiger partial charge in [0.05, 0.1) is 17.5 Å². The Bertz CT molecular complexity index is 628. The maximum absolute atomic E-state index is 14.1. The number of anilines is 1. The zero-order valence-corrected chi connectivity index (χ0v) is 12.2. The number of ether oxygens (including phenoxy) is 1. The van der Waals surface area contributed by atoms with E-state index in [9.17, 15) is 9.18 Å². The van der Waals surface area contributed by atoms with Gasteiger partial charge in [0.15, 0.2) is 0 Å². The molecule has 2 aromatic rings. The number of carbonyl (C=O) groups excluding carboxylic acids is 1. The Balaban J connectivity index is 2.42. The van der Waals surface area contributed by atoms with E-state index in [1.165, 1.54) is 12.4 Å². The number of nitrogens with zero attached hydrogens (tertiary/aromatic N) is 3. The van der Waals surface area contributed by atoms with Gasteiger partial charge in [-0.1, -0.05) is 13.0 Å². The lowest BCUT2D eigenvalue weighted by molar-refractivity contribution is -0.141. The molecule has 112 valence electrons. The van der Waals surface area contributed by atoms with Crippen molar-refractivity contribution in [2.75, 3.05) is 24.6 Å². The Morgan fingerprint density at radius 1 is 1.33 bits per heavy atom. The minimum Gasteiger partial charge on any atom is -0.465 e. The van der Waals surface area contributed by atoms with E-state index in [-0.39, 0.29) is 12.5 Å². The van der Waals surface area contributed by atoms with Gasteiger partial charge < -0.3 is 9.64 Å². The number of hydrogen-bond acceptors (Lipinski definition) is 5. The fraction of sp³-hybridized carbons (Fsp3) is 0.400. The number of hydrogen-bond donors (Lipinski definition) is 0. The second-order valence-corrected chi connectivity index (χ2v) is 4.56. The monoisotopic (exact) mass is 291 g/mol. The largest absolute Gasteiger partial charge is 0.465 e. The summed E-state index contributed by atoms with van der Waals surface area (Å²) in [5, 5.41) is 0.331. The third-order valence-corrected chi connectivity index (χ3v) is 3.01. The molecule has 0 fully saturated rings. The highest BCUT2D eigenvalue weighted by molar-refractivity contribution is 5.91. The molecule has 0 aliphatic carbocycles. The van der Waals surface area contributed by atoms with E-state index in [0.29, 0.717) is 29.9 Å². The second kappa shape index (κ2) is 6.97. The lowest BCUT2D eigenvalue weighted by atomic mass is 10.2. The molecule has 0 amide bonds. The zero-order valence-electron chi connectivity index (χ0n) is 12.2. The van der Waals surface area contributed by atoms with Crippen molar-refractivity contribution in [3.05, 3.63) is 30.3 Å². The Labute approximate surface area is 122 Å². The molecule has 0 saturated heterocycles. The Morgan fingerprint density at radius 2 is 2.14 bits per heavy atom. The van der Waals surface area contributed by atoms with Crippen LogP contribution in [-0.4, -0.2) is 35.6 Å². The van der Waals surface area contributed by atoms with Gasteiger partial charge in [-0.05, 0) is 25.5 Å². The first-order valence-corrected chi connectivity index (χ1v) is 6.97. The molecule has 6 heteroatoms. The van der Waals surface area contributed by atoms with Crippen LogP contribution >= 0.6 is 0 Å². The maximum Gasteiger partial charge on any atom is 0.325 e. The van der Waals surface area contributed by atoms with Crippen LogP contribution in [0.4, 0.5) is 10.2 Å². The van der Waals surface area contributed by atoms with Gasteiger partial charge in [-0.2, -0.15) is 0 Å². The summed E-state index contributed by atoms with van der Waals surface area (Å²) >= 11 is 0. The summed E-state index contributed by atoms with van der Waals surface area (Å²) in [6.45, 7) is 4.68. The molecule has 0 unspecified atom stereocenters. The van der Waals surface area contributed by atoms with Crippen molar-refractivity contribution in [1.82, 2.24) is 9.97 Å². The quantitative estimate of drug-likeness (QED) is 0.766.